The van der Waals surface area contributed by atoms with Gasteiger partial charge in [0.2, 0.25) is 0 Å². The fourth-order valence-electron chi connectivity index (χ4n) is 3.27. The van der Waals surface area contributed by atoms with Crippen LogP contribution in [0.5, 0.6) is 0 Å². The molecule has 0 spiro atoms. The number of anilines is 1. The number of aryl methyl sites for hydroxylation is 2. The summed E-state index contributed by atoms with van der Waals surface area (Å²) in [4.78, 5) is 14.0. The average Bonchev–Trinajstić information content (AvgIpc) is 2.57. The SMILES string of the molecule is Cc1ccc(C)c(NC(=O)[C@@H](C)[NH+]2CCc3ccccc3C2)c1. The third-order valence-corrected chi connectivity index (χ3v) is 4.91. The first-order valence-corrected chi connectivity index (χ1v) is 8.34. The first-order valence-electron chi connectivity index (χ1n) is 8.34. The molecule has 2 N–H and O–H groups in total. The summed E-state index contributed by atoms with van der Waals surface area (Å²) in [6.45, 7) is 8.05. The van der Waals surface area contributed by atoms with Gasteiger partial charge < -0.3 is 10.2 Å². The van der Waals surface area contributed by atoms with Gasteiger partial charge in [-0.2, -0.15) is 0 Å². The minimum Gasteiger partial charge on any atom is -0.321 e. The molecule has 120 valence electrons. The Morgan fingerprint density at radius 1 is 1.13 bits per heavy atom. The lowest BCUT2D eigenvalue weighted by atomic mass is 9.98. The van der Waals surface area contributed by atoms with Gasteiger partial charge in [-0.3, -0.25) is 4.79 Å². The molecule has 1 amide bonds. The van der Waals surface area contributed by atoms with E-state index in [2.05, 4.69) is 41.7 Å². The van der Waals surface area contributed by atoms with Gasteiger partial charge in [0, 0.05) is 17.7 Å². The van der Waals surface area contributed by atoms with E-state index in [4.69, 9.17) is 0 Å². The summed E-state index contributed by atoms with van der Waals surface area (Å²) in [5.41, 5.74) is 6.00. The van der Waals surface area contributed by atoms with Crippen LogP contribution < -0.4 is 10.2 Å². The van der Waals surface area contributed by atoms with Crippen LogP contribution in [0.4, 0.5) is 5.69 Å². The number of amides is 1. The van der Waals surface area contributed by atoms with Crippen molar-refractivity contribution in [1.29, 1.82) is 0 Å². The van der Waals surface area contributed by atoms with E-state index in [1.54, 1.807) is 0 Å². The Labute approximate surface area is 138 Å². The van der Waals surface area contributed by atoms with Crippen molar-refractivity contribution < 1.29 is 9.69 Å². The smallest absolute Gasteiger partial charge is 0.282 e. The fraction of sp³-hybridized carbons (Fsp3) is 0.350. The normalized spacial score (nSPS) is 18.1. The van der Waals surface area contributed by atoms with E-state index < -0.39 is 0 Å². The maximum atomic E-state index is 12.7. The van der Waals surface area contributed by atoms with Crippen molar-refractivity contribution in [3.63, 3.8) is 0 Å². The van der Waals surface area contributed by atoms with Crippen LogP contribution in [0.2, 0.25) is 0 Å². The van der Waals surface area contributed by atoms with Crippen molar-refractivity contribution >= 4 is 11.6 Å². The van der Waals surface area contributed by atoms with Crippen LogP contribution in [0, 0.1) is 13.8 Å². The summed E-state index contributed by atoms with van der Waals surface area (Å²) in [6.07, 6.45) is 1.05. The molecule has 1 unspecified atom stereocenters. The highest BCUT2D eigenvalue weighted by atomic mass is 16.2. The highest BCUT2D eigenvalue weighted by Crippen LogP contribution is 2.16. The Bertz CT molecular complexity index is 723. The second-order valence-corrected chi connectivity index (χ2v) is 6.63. The third kappa shape index (κ3) is 3.45. The summed E-state index contributed by atoms with van der Waals surface area (Å²) >= 11 is 0. The summed E-state index contributed by atoms with van der Waals surface area (Å²) in [5.74, 6) is 0.105. The number of carbonyl (C=O) groups excluding carboxylic acids is 1. The summed E-state index contributed by atoms with van der Waals surface area (Å²) in [5, 5.41) is 3.11. The molecule has 0 bridgehead atoms. The number of hydrogen-bond acceptors (Lipinski definition) is 1. The van der Waals surface area contributed by atoms with Crippen LogP contribution in [0.25, 0.3) is 0 Å². The highest BCUT2D eigenvalue weighted by molar-refractivity contribution is 5.94. The molecular formula is C20H25N2O+. The van der Waals surface area contributed by atoms with Gasteiger partial charge in [0.25, 0.3) is 5.91 Å². The first kappa shape index (κ1) is 15.8. The van der Waals surface area contributed by atoms with Gasteiger partial charge in [-0.1, -0.05) is 36.4 Å². The van der Waals surface area contributed by atoms with Gasteiger partial charge in [-0.25, -0.2) is 0 Å². The van der Waals surface area contributed by atoms with Gasteiger partial charge >= 0.3 is 0 Å². The molecule has 1 aliphatic heterocycles. The zero-order chi connectivity index (χ0) is 16.4. The second kappa shape index (κ2) is 6.55. The van der Waals surface area contributed by atoms with Crippen molar-refractivity contribution in [2.45, 2.75) is 39.8 Å². The minimum absolute atomic E-state index is 0.0525. The van der Waals surface area contributed by atoms with E-state index >= 15 is 0 Å². The number of fused-ring (bicyclic) bond motifs is 1. The standard InChI is InChI=1S/C20H24N2O/c1-14-8-9-15(2)19(12-14)21-20(23)16(3)22-11-10-17-6-4-5-7-18(17)13-22/h4-9,12,16H,10-11,13H2,1-3H3,(H,21,23)/p+1/t16-/m1/s1. The Morgan fingerprint density at radius 3 is 2.65 bits per heavy atom. The number of hydrogen-bond donors (Lipinski definition) is 2. The van der Waals surface area contributed by atoms with Crippen molar-refractivity contribution in [2.24, 2.45) is 0 Å². The molecular weight excluding hydrogens is 284 g/mol. The number of carbonyl (C=O) groups is 1. The zero-order valence-corrected chi connectivity index (χ0v) is 14.1. The molecule has 2 aromatic carbocycles. The molecule has 2 atom stereocenters. The van der Waals surface area contributed by atoms with Crippen LogP contribution in [0.15, 0.2) is 42.5 Å². The molecule has 0 aromatic heterocycles. The largest absolute Gasteiger partial charge is 0.321 e. The lowest BCUT2D eigenvalue weighted by molar-refractivity contribution is -0.929. The van der Waals surface area contributed by atoms with E-state index in [0.717, 1.165) is 36.3 Å². The maximum absolute atomic E-state index is 12.7. The predicted molar refractivity (Wildman–Crippen MR) is 93.7 cm³/mol. The summed E-state index contributed by atoms with van der Waals surface area (Å²) in [7, 11) is 0. The molecule has 1 aliphatic rings. The molecule has 23 heavy (non-hydrogen) atoms. The Morgan fingerprint density at radius 2 is 1.87 bits per heavy atom. The Hall–Kier alpha value is -2.13. The fourth-order valence-corrected chi connectivity index (χ4v) is 3.27. The Balaban J connectivity index is 1.70. The second-order valence-electron chi connectivity index (χ2n) is 6.63. The average molecular weight is 309 g/mol. The zero-order valence-electron chi connectivity index (χ0n) is 14.1. The molecule has 0 fully saturated rings. The lowest BCUT2D eigenvalue weighted by Crippen LogP contribution is -3.16. The van der Waals surface area contributed by atoms with E-state index in [0.29, 0.717) is 0 Å². The summed E-state index contributed by atoms with van der Waals surface area (Å²) < 4.78 is 0. The van der Waals surface area contributed by atoms with Gasteiger partial charge in [-0.15, -0.1) is 0 Å². The Kier molecular flexibility index (Phi) is 4.49. The van der Waals surface area contributed by atoms with E-state index in [-0.39, 0.29) is 11.9 Å². The van der Waals surface area contributed by atoms with Gasteiger partial charge in [-0.05, 0) is 43.5 Å². The number of rotatable bonds is 3. The van der Waals surface area contributed by atoms with Crippen LogP contribution in [0.1, 0.15) is 29.2 Å². The minimum atomic E-state index is -0.0525. The van der Waals surface area contributed by atoms with Crippen molar-refractivity contribution in [3.05, 3.63) is 64.7 Å². The van der Waals surface area contributed by atoms with Crippen molar-refractivity contribution in [1.82, 2.24) is 0 Å². The number of nitrogens with one attached hydrogen (secondary N) is 2. The molecule has 0 radical (unpaired) electrons. The van der Waals surface area contributed by atoms with Crippen LogP contribution in [-0.4, -0.2) is 18.5 Å². The molecule has 3 heteroatoms. The predicted octanol–water partition coefficient (Wildman–Crippen LogP) is 2.27. The lowest BCUT2D eigenvalue weighted by Gasteiger charge is -2.30. The molecule has 0 saturated carbocycles. The topological polar surface area (TPSA) is 33.5 Å². The van der Waals surface area contributed by atoms with Crippen molar-refractivity contribution in [3.8, 4) is 0 Å². The van der Waals surface area contributed by atoms with Gasteiger partial charge in [0.1, 0.15) is 6.54 Å². The number of benzene rings is 2. The van der Waals surface area contributed by atoms with Gasteiger partial charge in [0.05, 0.1) is 6.54 Å². The number of quaternary nitrogens is 1. The monoisotopic (exact) mass is 309 g/mol. The molecule has 3 rings (SSSR count). The van der Waals surface area contributed by atoms with Crippen LogP contribution in [-0.2, 0) is 17.8 Å². The molecule has 0 saturated heterocycles. The molecule has 3 nitrogen and oxygen atoms in total. The maximum Gasteiger partial charge on any atom is 0.282 e. The van der Waals surface area contributed by atoms with Crippen LogP contribution in [0.3, 0.4) is 0 Å². The molecule has 1 heterocycles. The van der Waals surface area contributed by atoms with E-state index in [9.17, 15) is 4.79 Å². The van der Waals surface area contributed by atoms with E-state index in [1.807, 2.05) is 26.8 Å². The van der Waals surface area contributed by atoms with Crippen molar-refractivity contribution in [2.75, 3.05) is 11.9 Å². The first-order chi connectivity index (χ1) is 11.0. The van der Waals surface area contributed by atoms with E-state index in [1.165, 1.54) is 16.0 Å². The summed E-state index contributed by atoms with van der Waals surface area (Å²) in [6, 6.07) is 14.7. The molecule has 2 aromatic rings. The van der Waals surface area contributed by atoms with Gasteiger partial charge in [0.15, 0.2) is 6.04 Å². The third-order valence-electron chi connectivity index (χ3n) is 4.91. The van der Waals surface area contributed by atoms with Crippen LogP contribution >= 0.6 is 0 Å². The highest BCUT2D eigenvalue weighted by Gasteiger charge is 2.29. The molecule has 0 aliphatic carbocycles. The quantitative estimate of drug-likeness (QED) is 0.896.